The summed E-state index contributed by atoms with van der Waals surface area (Å²) in [5, 5.41) is 29.0. The van der Waals surface area contributed by atoms with Gasteiger partial charge in [-0.3, -0.25) is 4.68 Å². The van der Waals surface area contributed by atoms with Gasteiger partial charge in [0.05, 0.1) is 36.1 Å². The van der Waals surface area contributed by atoms with Crippen LogP contribution in [0, 0.1) is 23.1 Å². The first kappa shape index (κ1) is 35.3. The zero-order chi connectivity index (χ0) is 34.4. The van der Waals surface area contributed by atoms with E-state index in [0.717, 1.165) is 28.7 Å². The van der Waals surface area contributed by atoms with Gasteiger partial charge in [-0.2, -0.15) is 36.7 Å². The number of pyridine rings is 1. The SMILES string of the molecule is N#CC[C@@H]([C@H]1CCN(c2nc(Cl)c(F)cc2N)C1)n1cc(-c2ncnc3[nH]ccc23)cn1.O=C(O)C(F)(F)F.O=C(O)C(F)(F)F. The van der Waals surface area contributed by atoms with Crippen LogP contribution in [0.1, 0.15) is 18.9 Å². The van der Waals surface area contributed by atoms with Crippen LogP contribution in [0.2, 0.25) is 5.15 Å². The minimum absolute atomic E-state index is 0.130. The van der Waals surface area contributed by atoms with Gasteiger partial charge in [-0.1, -0.05) is 11.6 Å². The Morgan fingerprint density at radius 2 is 1.80 bits per heavy atom. The quantitative estimate of drug-likeness (QED) is 0.166. The molecule has 46 heavy (non-hydrogen) atoms. The number of H-pyrrole nitrogens is 1. The Kier molecular flexibility index (Phi) is 11.0. The normalized spacial score (nSPS) is 15.3. The van der Waals surface area contributed by atoms with Crippen molar-refractivity contribution < 1.29 is 50.5 Å². The molecule has 0 bridgehead atoms. The Hall–Kier alpha value is -5.19. The van der Waals surface area contributed by atoms with E-state index in [1.807, 2.05) is 28.0 Å². The number of nitrogens with two attached hydrogens (primary N) is 1. The molecule has 0 aromatic carbocycles. The Balaban J connectivity index is 0.000000345. The number of nitrogens with zero attached hydrogens (tertiary/aromatic N) is 7. The molecule has 0 spiro atoms. The van der Waals surface area contributed by atoms with Crippen LogP contribution in [-0.4, -0.2) is 77.3 Å². The fraction of sp³-hybridized carbons (Fsp3) is 0.320. The van der Waals surface area contributed by atoms with Gasteiger partial charge in [0.15, 0.2) is 16.8 Å². The number of alkyl halides is 6. The first-order valence-corrected chi connectivity index (χ1v) is 13.0. The van der Waals surface area contributed by atoms with E-state index in [9.17, 15) is 36.0 Å². The number of fused-ring (bicyclic) bond motifs is 1. The third-order valence-electron chi connectivity index (χ3n) is 6.36. The van der Waals surface area contributed by atoms with E-state index in [4.69, 9.17) is 37.1 Å². The van der Waals surface area contributed by atoms with Gasteiger partial charge in [0.2, 0.25) is 0 Å². The Morgan fingerprint density at radius 1 is 1.17 bits per heavy atom. The van der Waals surface area contributed by atoms with E-state index in [0.29, 0.717) is 25.3 Å². The zero-order valence-electron chi connectivity index (χ0n) is 22.9. The van der Waals surface area contributed by atoms with Crippen LogP contribution in [0.15, 0.2) is 37.1 Å². The number of aliphatic carboxylic acids is 2. The third-order valence-corrected chi connectivity index (χ3v) is 6.63. The summed E-state index contributed by atoms with van der Waals surface area (Å²) in [6.07, 6.45) is -2.05. The van der Waals surface area contributed by atoms with Crippen molar-refractivity contribution in [2.45, 2.75) is 31.2 Å². The van der Waals surface area contributed by atoms with Crippen LogP contribution in [0.5, 0.6) is 0 Å². The van der Waals surface area contributed by atoms with Crippen molar-refractivity contribution in [3.05, 3.63) is 48.0 Å². The molecule has 0 unspecified atom stereocenters. The summed E-state index contributed by atoms with van der Waals surface area (Å²) in [5.74, 6) is -5.56. The molecular formula is C25H21ClF7N9O4. The molecule has 0 radical (unpaired) electrons. The molecule has 2 atom stereocenters. The number of nitrogen functional groups attached to an aromatic ring is 1. The van der Waals surface area contributed by atoms with Crippen LogP contribution in [0.3, 0.4) is 0 Å². The van der Waals surface area contributed by atoms with E-state index in [2.05, 4.69) is 31.1 Å². The Bertz CT molecular complexity index is 1710. The molecule has 21 heteroatoms. The molecule has 1 aliphatic heterocycles. The lowest BCUT2D eigenvalue weighted by Gasteiger charge is -2.23. The summed E-state index contributed by atoms with van der Waals surface area (Å²) in [7, 11) is 0. The smallest absolute Gasteiger partial charge is 0.475 e. The Morgan fingerprint density at radius 3 is 2.39 bits per heavy atom. The fourth-order valence-corrected chi connectivity index (χ4v) is 4.47. The molecule has 0 saturated carbocycles. The van der Waals surface area contributed by atoms with E-state index < -0.39 is 30.1 Å². The molecule has 13 nitrogen and oxygen atoms in total. The highest BCUT2D eigenvalue weighted by atomic mass is 35.5. The number of carboxylic acid groups (broad SMARTS) is 2. The monoisotopic (exact) mass is 679 g/mol. The minimum atomic E-state index is -5.08. The standard InChI is InChI=1S/C21H19ClFN9.2C2HF3O2/c22-19-15(23)7-16(25)21(30-19)31-6-3-12(9-31)17(1-4-24)32-10-13(8-29-32)18-14-2-5-26-20(14)28-11-27-18;2*3-2(4,5)1(6)7/h2,5,7-8,10-12,17H,1,3,6,9,25H2,(H,26,27,28);2*(H,6,7)/t12-,17-;;/m0../s1. The average Bonchev–Trinajstić information content (AvgIpc) is 3.74. The fourth-order valence-electron chi connectivity index (χ4n) is 4.33. The number of aromatic nitrogens is 6. The number of halogens is 8. The highest BCUT2D eigenvalue weighted by Gasteiger charge is 2.39. The van der Waals surface area contributed by atoms with E-state index >= 15 is 0 Å². The topological polar surface area (TPSA) is 200 Å². The summed E-state index contributed by atoms with van der Waals surface area (Å²) < 4.78 is 78.9. The molecule has 5 rings (SSSR count). The van der Waals surface area contributed by atoms with Crippen LogP contribution in [-0.2, 0) is 9.59 Å². The predicted molar refractivity (Wildman–Crippen MR) is 146 cm³/mol. The second kappa shape index (κ2) is 14.3. The maximum Gasteiger partial charge on any atom is 0.490 e. The van der Waals surface area contributed by atoms with Crippen molar-refractivity contribution in [3.8, 4) is 17.3 Å². The minimum Gasteiger partial charge on any atom is -0.475 e. The third kappa shape index (κ3) is 8.71. The molecule has 5 N–H and O–H groups in total. The number of nitrogens with one attached hydrogen (secondary N) is 1. The molecule has 0 aliphatic carbocycles. The largest absolute Gasteiger partial charge is 0.490 e. The van der Waals surface area contributed by atoms with Gasteiger partial charge in [-0.05, 0) is 12.5 Å². The first-order chi connectivity index (χ1) is 21.4. The summed E-state index contributed by atoms with van der Waals surface area (Å²) in [6.45, 7) is 1.28. The van der Waals surface area contributed by atoms with E-state index in [1.165, 1.54) is 12.4 Å². The maximum absolute atomic E-state index is 13.6. The van der Waals surface area contributed by atoms with Crippen molar-refractivity contribution in [2.75, 3.05) is 23.7 Å². The number of anilines is 2. The maximum atomic E-state index is 13.6. The Labute approximate surface area is 258 Å². The van der Waals surface area contributed by atoms with Crippen LogP contribution < -0.4 is 10.6 Å². The number of rotatable bonds is 5. The molecule has 0 amide bonds. The van der Waals surface area contributed by atoms with E-state index in [-0.39, 0.29) is 22.8 Å². The summed E-state index contributed by atoms with van der Waals surface area (Å²) >= 11 is 5.86. The number of nitriles is 1. The van der Waals surface area contributed by atoms with Crippen molar-refractivity contribution >= 4 is 46.1 Å². The van der Waals surface area contributed by atoms with Crippen LogP contribution in [0.4, 0.5) is 42.2 Å². The van der Waals surface area contributed by atoms with Gasteiger partial charge in [-0.15, -0.1) is 0 Å². The van der Waals surface area contributed by atoms with E-state index in [1.54, 1.807) is 6.20 Å². The molecule has 4 aromatic heterocycles. The number of carboxylic acids is 2. The van der Waals surface area contributed by atoms with Crippen molar-refractivity contribution in [3.63, 3.8) is 0 Å². The van der Waals surface area contributed by atoms with Crippen molar-refractivity contribution in [1.29, 1.82) is 5.26 Å². The molecule has 5 heterocycles. The summed E-state index contributed by atoms with van der Waals surface area (Å²) in [6, 6.07) is 5.25. The highest BCUT2D eigenvalue weighted by molar-refractivity contribution is 6.29. The molecule has 1 fully saturated rings. The number of aromatic amines is 1. The van der Waals surface area contributed by atoms with Crippen molar-refractivity contribution in [1.82, 2.24) is 29.7 Å². The number of hydrogen-bond donors (Lipinski definition) is 4. The number of carbonyl (C=O) groups is 2. The zero-order valence-corrected chi connectivity index (χ0v) is 23.6. The lowest BCUT2D eigenvalue weighted by Crippen LogP contribution is -2.26. The van der Waals surface area contributed by atoms with Gasteiger partial charge in [0.25, 0.3) is 0 Å². The van der Waals surface area contributed by atoms with Gasteiger partial charge in [-0.25, -0.2) is 28.9 Å². The lowest BCUT2D eigenvalue weighted by molar-refractivity contribution is -0.193. The van der Waals surface area contributed by atoms with Gasteiger partial charge >= 0.3 is 24.3 Å². The lowest BCUT2D eigenvalue weighted by atomic mass is 9.96. The van der Waals surface area contributed by atoms with Gasteiger partial charge in [0, 0.05) is 48.4 Å². The highest BCUT2D eigenvalue weighted by Crippen LogP contribution is 2.36. The summed E-state index contributed by atoms with van der Waals surface area (Å²) in [4.78, 5) is 35.6. The molecule has 246 valence electrons. The first-order valence-electron chi connectivity index (χ1n) is 12.6. The molecule has 4 aromatic rings. The van der Waals surface area contributed by atoms with Gasteiger partial charge < -0.3 is 25.8 Å². The second-order valence-corrected chi connectivity index (χ2v) is 9.73. The number of hydrogen-bond acceptors (Lipinski definition) is 9. The van der Waals surface area contributed by atoms with Crippen LogP contribution in [0.25, 0.3) is 22.3 Å². The summed E-state index contributed by atoms with van der Waals surface area (Å²) in [5.41, 5.74) is 8.61. The van der Waals surface area contributed by atoms with Crippen molar-refractivity contribution in [2.24, 2.45) is 5.92 Å². The molecular weight excluding hydrogens is 659 g/mol. The predicted octanol–water partition coefficient (Wildman–Crippen LogP) is 4.84. The molecule has 1 aliphatic rings. The average molecular weight is 680 g/mol. The van der Waals surface area contributed by atoms with Crippen LogP contribution >= 0.6 is 11.6 Å². The molecule has 1 saturated heterocycles. The second-order valence-electron chi connectivity index (χ2n) is 9.38. The van der Waals surface area contributed by atoms with Gasteiger partial charge in [0.1, 0.15) is 12.0 Å².